The second-order valence-electron chi connectivity index (χ2n) is 4.24. The Kier molecular flexibility index (Phi) is 3.53. The number of benzene rings is 1. The maximum Gasteiger partial charge on any atom is 0.0584 e. The predicted octanol–water partition coefficient (Wildman–Crippen LogP) is 4.40. The van der Waals surface area contributed by atoms with E-state index in [0.717, 1.165) is 11.6 Å². The summed E-state index contributed by atoms with van der Waals surface area (Å²) < 4.78 is 1.22. The van der Waals surface area contributed by atoms with Crippen LogP contribution in [-0.2, 0) is 6.54 Å². The molecular weight excluding hydrogens is 238 g/mol. The van der Waals surface area contributed by atoms with Crippen LogP contribution < -0.4 is 5.32 Å². The molecule has 86 valence electrons. The first-order chi connectivity index (χ1) is 7.65. The van der Waals surface area contributed by atoms with E-state index in [2.05, 4.69) is 25.2 Å². The highest BCUT2D eigenvalue weighted by Crippen LogP contribution is 2.39. The van der Waals surface area contributed by atoms with Crippen molar-refractivity contribution in [2.75, 3.05) is 7.05 Å². The minimum atomic E-state index is 0.538. The molecule has 2 aromatic rings. The first-order valence-electron chi connectivity index (χ1n) is 5.49. The van der Waals surface area contributed by atoms with E-state index in [1.165, 1.54) is 20.5 Å². The van der Waals surface area contributed by atoms with Gasteiger partial charge in [-0.2, -0.15) is 0 Å². The Morgan fingerprint density at radius 3 is 2.75 bits per heavy atom. The summed E-state index contributed by atoms with van der Waals surface area (Å²) in [6, 6.07) is 6.17. The van der Waals surface area contributed by atoms with Crippen molar-refractivity contribution < 1.29 is 0 Å². The Labute approximate surface area is 105 Å². The molecule has 0 unspecified atom stereocenters. The fourth-order valence-corrected chi connectivity index (χ4v) is 3.74. The molecule has 0 fully saturated rings. The van der Waals surface area contributed by atoms with Gasteiger partial charge in [-0.05, 0) is 30.0 Å². The first kappa shape index (κ1) is 11.9. The molecular formula is C13H16ClNS. The minimum Gasteiger partial charge on any atom is -0.315 e. The van der Waals surface area contributed by atoms with Gasteiger partial charge in [0.25, 0.3) is 0 Å². The third-order valence-electron chi connectivity index (χ3n) is 2.70. The first-order valence-corrected chi connectivity index (χ1v) is 6.69. The number of rotatable bonds is 3. The van der Waals surface area contributed by atoms with E-state index in [4.69, 9.17) is 11.6 Å². The molecule has 3 heteroatoms. The van der Waals surface area contributed by atoms with Crippen molar-refractivity contribution in [2.24, 2.45) is 0 Å². The number of thiophene rings is 1. The Balaban J connectivity index is 2.70. The van der Waals surface area contributed by atoms with Crippen molar-refractivity contribution in [1.29, 1.82) is 0 Å². The standard InChI is InChI=1S/C13H16ClNS/c1-8(2)12-9-5-4-6-10(14)13(9)16-11(12)7-15-3/h4-6,8,15H,7H2,1-3H3. The molecule has 1 N–H and O–H groups in total. The van der Waals surface area contributed by atoms with Gasteiger partial charge in [-0.15, -0.1) is 11.3 Å². The van der Waals surface area contributed by atoms with Crippen LogP contribution >= 0.6 is 22.9 Å². The monoisotopic (exact) mass is 253 g/mol. The highest BCUT2D eigenvalue weighted by Gasteiger charge is 2.15. The molecule has 1 aromatic heterocycles. The fraction of sp³-hybridized carbons (Fsp3) is 0.385. The average molecular weight is 254 g/mol. The van der Waals surface area contributed by atoms with E-state index in [0.29, 0.717) is 5.92 Å². The number of hydrogen-bond donors (Lipinski definition) is 1. The van der Waals surface area contributed by atoms with Crippen LogP contribution in [0.4, 0.5) is 0 Å². The van der Waals surface area contributed by atoms with Crippen molar-refractivity contribution in [3.63, 3.8) is 0 Å². The molecule has 0 aliphatic rings. The Hall–Kier alpha value is -0.570. The molecule has 0 aliphatic heterocycles. The normalized spacial score (nSPS) is 11.6. The summed E-state index contributed by atoms with van der Waals surface area (Å²) >= 11 is 8.05. The zero-order valence-corrected chi connectivity index (χ0v) is 11.4. The molecule has 0 radical (unpaired) electrons. The van der Waals surface area contributed by atoms with Crippen molar-refractivity contribution in [3.8, 4) is 0 Å². The third kappa shape index (κ3) is 1.97. The molecule has 0 saturated heterocycles. The second kappa shape index (κ2) is 4.74. The van der Waals surface area contributed by atoms with Crippen LogP contribution in [0, 0.1) is 0 Å². The van der Waals surface area contributed by atoms with Gasteiger partial charge >= 0.3 is 0 Å². The average Bonchev–Trinajstić information content (AvgIpc) is 2.58. The van der Waals surface area contributed by atoms with Crippen LogP contribution in [0.25, 0.3) is 10.1 Å². The minimum absolute atomic E-state index is 0.538. The Morgan fingerprint density at radius 2 is 2.12 bits per heavy atom. The van der Waals surface area contributed by atoms with Gasteiger partial charge < -0.3 is 5.32 Å². The lowest BCUT2D eigenvalue weighted by Crippen LogP contribution is -2.05. The summed E-state index contributed by atoms with van der Waals surface area (Å²) in [6.07, 6.45) is 0. The predicted molar refractivity (Wildman–Crippen MR) is 73.7 cm³/mol. The van der Waals surface area contributed by atoms with Gasteiger partial charge in [0, 0.05) is 11.4 Å². The SMILES string of the molecule is CNCc1sc2c(Cl)cccc2c1C(C)C. The van der Waals surface area contributed by atoms with Gasteiger partial charge in [-0.3, -0.25) is 0 Å². The number of hydrogen-bond acceptors (Lipinski definition) is 2. The lowest BCUT2D eigenvalue weighted by atomic mass is 9.99. The summed E-state index contributed by atoms with van der Waals surface area (Å²) in [5.74, 6) is 0.538. The number of nitrogens with one attached hydrogen (secondary N) is 1. The van der Waals surface area contributed by atoms with E-state index < -0.39 is 0 Å². The van der Waals surface area contributed by atoms with E-state index >= 15 is 0 Å². The molecule has 1 nitrogen and oxygen atoms in total. The van der Waals surface area contributed by atoms with Crippen molar-refractivity contribution in [1.82, 2.24) is 5.32 Å². The van der Waals surface area contributed by atoms with Gasteiger partial charge in [0.05, 0.1) is 9.72 Å². The van der Waals surface area contributed by atoms with Crippen molar-refractivity contribution in [2.45, 2.75) is 26.3 Å². The third-order valence-corrected chi connectivity index (χ3v) is 4.38. The lowest BCUT2D eigenvalue weighted by Gasteiger charge is -2.07. The molecule has 16 heavy (non-hydrogen) atoms. The van der Waals surface area contributed by atoms with Gasteiger partial charge in [-0.1, -0.05) is 37.6 Å². The van der Waals surface area contributed by atoms with E-state index in [-0.39, 0.29) is 0 Å². The van der Waals surface area contributed by atoms with Gasteiger partial charge in [-0.25, -0.2) is 0 Å². The number of fused-ring (bicyclic) bond motifs is 1. The van der Waals surface area contributed by atoms with Crippen LogP contribution in [0.1, 0.15) is 30.2 Å². The lowest BCUT2D eigenvalue weighted by molar-refractivity contribution is 0.795. The molecule has 0 aliphatic carbocycles. The van der Waals surface area contributed by atoms with Crippen LogP contribution in [0.3, 0.4) is 0 Å². The highest BCUT2D eigenvalue weighted by molar-refractivity contribution is 7.20. The van der Waals surface area contributed by atoms with Crippen LogP contribution in [-0.4, -0.2) is 7.05 Å². The summed E-state index contributed by atoms with van der Waals surface area (Å²) in [7, 11) is 1.98. The largest absolute Gasteiger partial charge is 0.315 e. The summed E-state index contributed by atoms with van der Waals surface area (Å²) in [5, 5.41) is 5.41. The maximum atomic E-state index is 6.24. The molecule has 1 heterocycles. The number of halogens is 1. The second-order valence-corrected chi connectivity index (χ2v) is 5.75. The molecule has 0 atom stereocenters. The van der Waals surface area contributed by atoms with Gasteiger partial charge in [0.15, 0.2) is 0 Å². The molecule has 0 bridgehead atoms. The van der Waals surface area contributed by atoms with Crippen molar-refractivity contribution >= 4 is 33.0 Å². The fourth-order valence-electron chi connectivity index (χ4n) is 2.08. The molecule has 0 amide bonds. The highest BCUT2D eigenvalue weighted by atomic mass is 35.5. The summed E-state index contributed by atoms with van der Waals surface area (Å²) in [4.78, 5) is 1.40. The van der Waals surface area contributed by atoms with Crippen LogP contribution in [0.15, 0.2) is 18.2 Å². The molecule has 2 rings (SSSR count). The van der Waals surface area contributed by atoms with Crippen LogP contribution in [0.2, 0.25) is 5.02 Å². The van der Waals surface area contributed by atoms with E-state index in [9.17, 15) is 0 Å². The summed E-state index contributed by atoms with van der Waals surface area (Å²) in [5.41, 5.74) is 1.44. The van der Waals surface area contributed by atoms with Gasteiger partial charge in [0.2, 0.25) is 0 Å². The Morgan fingerprint density at radius 1 is 1.38 bits per heavy atom. The topological polar surface area (TPSA) is 12.0 Å². The molecule has 0 spiro atoms. The van der Waals surface area contributed by atoms with Crippen LogP contribution in [0.5, 0.6) is 0 Å². The smallest absolute Gasteiger partial charge is 0.0584 e. The quantitative estimate of drug-likeness (QED) is 0.855. The molecule has 1 aromatic carbocycles. The zero-order valence-electron chi connectivity index (χ0n) is 9.80. The molecule has 0 saturated carbocycles. The Bertz CT molecular complexity index is 502. The van der Waals surface area contributed by atoms with Crippen molar-refractivity contribution in [3.05, 3.63) is 33.7 Å². The summed E-state index contributed by atoms with van der Waals surface area (Å²) in [6.45, 7) is 5.40. The van der Waals surface area contributed by atoms with E-state index in [1.54, 1.807) is 0 Å². The van der Waals surface area contributed by atoms with E-state index in [1.807, 2.05) is 30.5 Å². The zero-order chi connectivity index (χ0) is 11.7. The maximum absolute atomic E-state index is 6.24. The van der Waals surface area contributed by atoms with Gasteiger partial charge in [0.1, 0.15) is 0 Å².